The summed E-state index contributed by atoms with van der Waals surface area (Å²) >= 11 is 0. The number of fused-ring (bicyclic) bond motifs is 1. The van der Waals surface area contributed by atoms with Gasteiger partial charge in [0.15, 0.2) is 23.3 Å². The van der Waals surface area contributed by atoms with Crippen molar-refractivity contribution in [2.24, 2.45) is 0 Å². The summed E-state index contributed by atoms with van der Waals surface area (Å²) in [6, 6.07) is 2.43. The molecule has 2 aromatic rings. The van der Waals surface area contributed by atoms with Crippen LogP contribution in [-0.2, 0) is 11.8 Å². The standard InChI is InChI=1S/C19H15F6NO3/c1-17(2,29)18(8-9-6-4-3-5-7-9)10-11(20)12(21)13(22)14(23)15(10)26(16(27)28)19(18,24)25/h3-7,29H,8H2,1-2H3,(H,27,28). The molecule has 2 aromatic carbocycles. The first-order valence-electron chi connectivity index (χ1n) is 8.32. The molecule has 4 nitrogen and oxygen atoms in total. The Labute approximate surface area is 161 Å². The van der Waals surface area contributed by atoms with Crippen molar-refractivity contribution in [3.8, 4) is 0 Å². The van der Waals surface area contributed by atoms with E-state index in [1.54, 1.807) is 6.07 Å². The van der Waals surface area contributed by atoms with Crippen LogP contribution >= 0.6 is 0 Å². The lowest BCUT2D eigenvalue weighted by Crippen LogP contribution is -2.63. The van der Waals surface area contributed by atoms with E-state index in [9.17, 15) is 32.6 Å². The van der Waals surface area contributed by atoms with Crippen molar-refractivity contribution >= 4 is 11.8 Å². The third-order valence-corrected chi connectivity index (χ3v) is 5.23. The zero-order valence-corrected chi connectivity index (χ0v) is 15.1. The average molecular weight is 419 g/mol. The molecule has 0 spiro atoms. The second-order valence-corrected chi connectivity index (χ2v) is 7.27. The topological polar surface area (TPSA) is 60.8 Å². The number of amides is 1. The van der Waals surface area contributed by atoms with E-state index in [0.29, 0.717) is 0 Å². The van der Waals surface area contributed by atoms with E-state index in [2.05, 4.69) is 0 Å². The lowest BCUT2D eigenvalue weighted by atomic mass is 9.64. The molecule has 0 fully saturated rings. The van der Waals surface area contributed by atoms with Crippen LogP contribution in [0.1, 0.15) is 25.0 Å². The van der Waals surface area contributed by atoms with Crippen molar-refractivity contribution in [2.45, 2.75) is 37.3 Å². The fraction of sp³-hybridized carbons (Fsp3) is 0.316. The van der Waals surface area contributed by atoms with Crippen molar-refractivity contribution in [1.29, 1.82) is 0 Å². The third kappa shape index (κ3) is 2.61. The number of carbonyl (C=O) groups is 1. The predicted molar refractivity (Wildman–Crippen MR) is 89.8 cm³/mol. The smallest absolute Gasteiger partial charge is 0.416 e. The fourth-order valence-electron chi connectivity index (χ4n) is 3.90. The highest BCUT2D eigenvalue weighted by Gasteiger charge is 2.74. The van der Waals surface area contributed by atoms with Gasteiger partial charge >= 0.3 is 12.1 Å². The maximum atomic E-state index is 15.6. The maximum absolute atomic E-state index is 15.6. The van der Waals surface area contributed by atoms with Gasteiger partial charge in [-0.3, -0.25) is 0 Å². The highest BCUT2D eigenvalue weighted by Crippen LogP contribution is 2.61. The first-order valence-corrected chi connectivity index (χ1v) is 8.32. The van der Waals surface area contributed by atoms with Crippen molar-refractivity contribution in [2.75, 3.05) is 4.90 Å². The Morgan fingerprint density at radius 1 is 1.00 bits per heavy atom. The number of alkyl halides is 2. The molecule has 0 aromatic heterocycles. The molecule has 29 heavy (non-hydrogen) atoms. The minimum absolute atomic E-state index is 0.0945. The Bertz CT molecular complexity index is 990. The Hall–Kier alpha value is -2.75. The molecule has 3 rings (SSSR count). The minimum atomic E-state index is -4.67. The van der Waals surface area contributed by atoms with Crippen LogP contribution in [0.5, 0.6) is 0 Å². The number of benzene rings is 2. The molecule has 10 heteroatoms. The highest BCUT2D eigenvalue weighted by molar-refractivity contribution is 5.92. The lowest BCUT2D eigenvalue weighted by molar-refractivity contribution is -0.150. The Balaban J connectivity index is 2.52. The zero-order chi connectivity index (χ0) is 21.9. The zero-order valence-electron chi connectivity index (χ0n) is 15.1. The van der Waals surface area contributed by atoms with Gasteiger partial charge in [0.1, 0.15) is 5.41 Å². The van der Waals surface area contributed by atoms with E-state index in [1.807, 2.05) is 0 Å². The van der Waals surface area contributed by atoms with Crippen LogP contribution in [0.4, 0.5) is 36.8 Å². The quantitative estimate of drug-likeness (QED) is 0.331. The van der Waals surface area contributed by atoms with Gasteiger partial charge in [0.05, 0.1) is 11.3 Å². The summed E-state index contributed by atoms with van der Waals surface area (Å²) in [5.74, 6) is -9.30. The molecule has 0 aliphatic carbocycles. The van der Waals surface area contributed by atoms with Crippen LogP contribution in [0.25, 0.3) is 0 Å². The number of rotatable bonds is 3. The van der Waals surface area contributed by atoms with E-state index in [4.69, 9.17) is 0 Å². The van der Waals surface area contributed by atoms with Crippen molar-refractivity contribution < 1.29 is 41.4 Å². The van der Waals surface area contributed by atoms with E-state index in [1.165, 1.54) is 24.3 Å². The number of halogens is 6. The predicted octanol–water partition coefficient (Wildman–Crippen LogP) is 4.59. The number of hydrogen-bond donors (Lipinski definition) is 2. The molecule has 0 saturated heterocycles. The third-order valence-electron chi connectivity index (χ3n) is 5.23. The van der Waals surface area contributed by atoms with Crippen molar-refractivity contribution in [1.82, 2.24) is 0 Å². The largest absolute Gasteiger partial charge is 0.465 e. The minimum Gasteiger partial charge on any atom is -0.465 e. The van der Waals surface area contributed by atoms with Crippen LogP contribution in [-0.4, -0.2) is 28.0 Å². The second kappa shape index (κ2) is 6.38. The van der Waals surface area contributed by atoms with Gasteiger partial charge in [-0.1, -0.05) is 30.3 Å². The molecular formula is C19H15F6NO3. The molecule has 2 N–H and O–H groups in total. The molecule has 1 aliphatic heterocycles. The molecule has 1 amide bonds. The van der Waals surface area contributed by atoms with Gasteiger partial charge in [-0.2, -0.15) is 8.78 Å². The molecule has 1 heterocycles. The first kappa shape index (κ1) is 21.0. The number of aliphatic hydroxyl groups is 1. The molecule has 0 bridgehead atoms. The number of hydrogen-bond acceptors (Lipinski definition) is 2. The molecular weight excluding hydrogens is 404 g/mol. The molecule has 1 atom stereocenters. The normalized spacial score (nSPS) is 20.7. The molecule has 0 radical (unpaired) electrons. The highest BCUT2D eigenvalue weighted by atomic mass is 19.3. The second-order valence-electron chi connectivity index (χ2n) is 7.27. The van der Waals surface area contributed by atoms with Gasteiger partial charge < -0.3 is 10.2 Å². The molecule has 156 valence electrons. The number of carboxylic acid groups (broad SMARTS) is 1. The number of nitrogens with zero attached hydrogens (tertiary/aromatic N) is 1. The SMILES string of the molecule is CC(C)(O)C1(Cc2ccccc2)c2c(F)c(F)c(F)c(F)c2N(C(=O)O)C1(F)F. The van der Waals surface area contributed by atoms with Crippen molar-refractivity contribution in [3.05, 3.63) is 64.7 Å². The van der Waals surface area contributed by atoms with Gasteiger partial charge in [-0.25, -0.2) is 27.3 Å². The summed E-state index contributed by atoms with van der Waals surface area (Å²) < 4.78 is 88.2. The average Bonchev–Trinajstić information content (AvgIpc) is 2.84. The fourth-order valence-corrected chi connectivity index (χ4v) is 3.90. The van der Waals surface area contributed by atoms with Gasteiger partial charge in [0.2, 0.25) is 0 Å². The van der Waals surface area contributed by atoms with E-state index in [-0.39, 0.29) is 5.56 Å². The van der Waals surface area contributed by atoms with Gasteiger partial charge in [0, 0.05) is 5.56 Å². The van der Waals surface area contributed by atoms with Crippen LogP contribution < -0.4 is 4.90 Å². The van der Waals surface area contributed by atoms with Crippen LogP contribution in [0, 0.1) is 23.3 Å². The number of anilines is 1. The van der Waals surface area contributed by atoms with Crippen molar-refractivity contribution in [3.63, 3.8) is 0 Å². The van der Waals surface area contributed by atoms with Gasteiger partial charge in [0.25, 0.3) is 0 Å². The van der Waals surface area contributed by atoms with E-state index < -0.39 is 69.0 Å². The Morgan fingerprint density at radius 2 is 1.52 bits per heavy atom. The van der Waals surface area contributed by atoms with Crippen LogP contribution in [0.3, 0.4) is 0 Å². The molecule has 1 aliphatic rings. The molecule has 0 saturated carbocycles. The summed E-state index contributed by atoms with van der Waals surface area (Å²) in [5.41, 5.74) is -8.80. The summed E-state index contributed by atoms with van der Waals surface area (Å²) in [6.45, 7) is 1.66. The van der Waals surface area contributed by atoms with Crippen LogP contribution in [0.2, 0.25) is 0 Å². The summed E-state index contributed by atoms with van der Waals surface area (Å²) in [6.07, 6.45) is -3.33. The van der Waals surface area contributed by atoms with Gasteiger partial charge in [-0.15, -0.1) is 0 Å². The summed E-state index contributed by atoms with van der Waals surface area (Å²) in [5, 5.41) is 20.0. The molecule has 1 unspecified atom stereocenters. The maximum Gasteiger partial charge on any atom is 0.416 e. The lowest BCUT2D eigenvalue weighted by Gasteiger charge is -2.45. The Kier molecular flexibility index (Phi) is 4.61. The van der Waals surface area contributed by atoms with Gasteiger partial charge in [-0.05, 0) is 25.8 Å². The van der Waals surface area contributed by atoms with E-state index in [0.717, 1.165) is 13.8 Å². The summed E-state index contributed by atoms with van der Waals surface area (Å²) in [4.78, 5) is 10.7. The Morgan fingerprint density at radius 3 is 2.00 bits per heavy atom. The monoisotopic (exact) mass is 419 g/mol. The van der Waals surface area contributed by atoms with Crippen LogP contribution in [0.15, 0.2) is 30.3 Å². The summed E-state index contributed by atoms with van der Waals surface area (Å²) in [7, 11) is 0. The van der Waals surface area contributed by atoms with E-state index >= 15 is 8.78 Å². The first-order chi connectivity index (χ1) is 13.3.